The molecule has 168 valence electrons. The van der Waals surface area contributed by atoms with Gasteiger partial charge in [-0.15, -0.1) is 0 Å². The number of amides is 1. The summed E-state index contributed by atoms with van der Waals surface area (Å²) in [6, 6.07) is 7.45. The summed E-state index contributed by atoms with van der Waals surface area (Å²) in [5, 5.41) is 0. The van der Waals surface area contributed by atoms with Gasteiger partial charge in [0.05, 0.1) is 32.1 Å². The smallest absolute Gasteiger partial charge is 0.410 e. The van der Waals surface area contributed by atoms with Crippen molar-refractivity contribution in [2.45, 2.75) is 63.9 Å². The van der Waals surface area contributed by atoms with E-state index in [-0.39, 0.29) is 30.8 Å². The first-order valence-corrected chi connectivity index (χ1v) is 12.0. The Labute approximate surface area is 179 Å². The Bertz CT molecular complexity index is 849. The third-order valence-electron chi connectivity index (χ3n) is 5.51. The van der Waals surface area contributed by atoms with E-state index in [2.05, 4.69) is 4.90 Å². The highest BCUT2D eigenvalue weighted by Gasteiger charge is 2.49. The first-order chi connectivity index (χ1) is 14.0. The fraction of sp³-hybridized carbons (Fsp3) is 0.667. The van der Waals surface area contributed by atoms with Crippen molar-refractivity contribution >= 4 is 16.2 Å². The Morgan fingerprint density at radius 3 is 2.40 bits per heavy atom. The van der Waals surface area contributed by atoms with Crippen molar-refractivity contribution < 1.29 is 26.9 Å². The van der Waals surface area contributed by atoms with Crippen LogP contribution in [0.3, 0.4) is 0 Å². The van der Waals surface area contributed by atoms with E-state index in [0.29, 0.717) is 13.1 Å². The molecule has 0 unspecified atom stereocenters. The van der Waals surface area contributed by atoms with E-state index in [0.717, 1.165) is 30.4 Å². The zero-order valence-electron chi connectivity index (χ0n) is 18.3. The largest absolute Gasteiger partial charge is 0.497 e. The Morgan fingerprint density at radius 1 is 1.17 bits per heavy atom. The number of benzene rings is 1. The first-order valence-electron chi connectivity index (χ1n) is 10.2. The molecular formula is C21H32N2O6S. The molecule has 2 bridgehead atoms. The molecule has 0 aliphatic carbocycles. The van der Waals surface area contributed by atoms with Gasteiger partial charge in [-0.1, -0.05) is 12.1 Å². The molecule has 2 saturated heterocycles. The molecule has 2 aliphatic heterocycles. The van der Waals surface area contributed by atoms with Crippen LogP contribution in [0, 0.1) is 0 Å². The van der Waals surface area contributed by atoms with Crippen LogP contribution >= 0.6 is 0 Å². The van der Waals surface area contributed by atoms with E-state index in [1.165, 1.54) is 0 Å². The van der Waals surface area contributed by atoms with Crippen molar-refractivity contribution in [1.29, 1.82) is 0 Å². The molecule has 0 radical (unpaired) electrons. The van der Waals surface area contributed by atoms with Crippen LogP contribution in [0.2, 0.25) is 0 Å². The van der Waals surface area contributed by atoms with Crippen LogP contribution < -0.4 is 4.74 Å². The minimum absolute atomic E-state index is 0.00563. The van der Waals surface area contributed by atoms with E-state index >= 15 is 0 Å². The summed E-state index contributed by atoms with van der Waals surface area (Å²) in [7, 11) is -1.97. The third-order valence-corrected chi connectivity index (χ3v) is 6.07. The topological polar surface area (TPSA) is 85.4 Å². The number of nitrogens with zero attached hydrogens (tertiary/aromatic N) is 2. The van der Waals surface area contributed by atoms with Crippen LogP contribution in [0.25, 0.3) is 0 Å². The lowest BCUT2D eigenvalue weighted by molar-refractivity contribution is -0.0323. The third kappa shape index (κ3) is 5.65. The van der Waals surface area contributed by atoms with Gasteiger partial charge in [-0.05, 0) is 51.3 Å². The van der Waals surface area contributed by atoms with E-state index in [1.54, 1.807) is 12.0 Å². The molecule has 2 fully saturated rings. The number of hydrogen-bond acceptors (Lipinski definition) is 7. The summed E-state index contributed by atoms with van der Waals surface area (Å²) < 4.78 is 39.3. The maximum absolute atomic E-state index is 12.9. The lowest BCUT2D eigenvalue weighted by atomic mass is 10.0. The van der Waals surface area contributed by atoms with Crippen molar-refractivity contribution in [3.05, 3.63) is 29.8 Å². The van der Waals surface area contributed by atoms with Crippen molar-refractivity contribution in [1.82, 2.24) is 9.80 Å². The Balaban J connectivity index is 1.81. The molecule has 3 atom stereocenters. The highest BCUT2D eigenvalue weighted by molar-refractivity contribution is 7.85. The lowest BCUT2D eigenvalue weighted by Crippen LogP contribution is -2.62. The zero-order chi connectivity index (χ0) is 22.1. The van der Waals surface area contributed by atoms with Gasteiger partial charge in [-0.25, -0.2) is 4.79 Å². The number of likely N-dealkylation sites (tertiary alicyclic amines) is 1. The van der Waals surface area contributed by atoms with Crippen LogP contribution in [0.15, 0.2) is 24.3 Å². The molecule has 0 aromatic heterocycles. The van der Waals surface area contributed by atoms with Crippen molar-refractivity contribution in [3.63, 3.8) is 0 Å². The number of carbonyl (C=O) groups is 1. The summed E-state index contributed by atoms with van der Waals surface area (Å²) >= 11 is 0. The van der Waals surface area contributed by atoms with Crippen molar-refractivity contribution in [2.24, 2.45) is 0 Å². The Hall–Kier alpha value is -1.84. The molecule has 1 aromatic rings. The molecule has 0 saturated carbocycles. The van der Waals surface area contributed by atoms with Gasteiger partial charge in [-0.3, -0.25) is 14.0 Å². The van der Waals surface area contributed by atoms with Gasteiger partial charge in [0.2, 0.25) is 0 Å². The quantitative estimate of drug-likeness (QED) is 0.629. The van der Waals surface area contributed by atoms with E-state index < -0.39 is 15.7 Å². The Morgan fingerprint density at radius 2 is 1.83 bits per heavy atom. The second-order valence-electron chi connectivity index (χ2n) is 9.02. The summed E-state index contributed by atoms with van der Waals surface area (Å²) in [6.45, 7) is 6.81. The molecule has 0 N–H and O–H groups in total. The van der Waals surface area contributed by atoms with Crippen LogP contribution in [0.4, 0.5) is 4.79 Å². The van der Waals surface area contributed by atoms with Crippen molar-refractivity contribution in [3.8, 4) is 5.75 Å². The highest BCUT2D eigenvalue weighted by Crippen LogP contribution is 2.36. The van der Waals surface area contributed by atoms with E-state index in [4.69, 9.17) is 13.7 Å². The highest BCUT2D eigenvalue weighted by atomic mass is 32.2. The number of methoxy groups -OCH3 is 1. The molecule has 0 spiro atoms. The van der Waals surface area contributed by atoms with Gasteiger partial charge in [0.15, 0.2) is 0 Å². The number of carbonyl (C=O) groups excluding carboxylic acids is 1. The fourth-order valence-corrected chi connectivity index (χ4v) is 4.66. The van der Waals surface area contributed by atoms with Crippen LogP contribution in [0.5, 0.6) is 5.75 Å². The van der Waals surface area contributed by atoms with Gasteiger partial charge in [0, 0.05) is 19.1 Å². The number of ether oxygens (including phenoxy) is 2. The van der Waals surface area contributed by atoms with Gasteiger partial charge in [-0.2, -0.15) is 8.42 Å². The van der Waals surface area contributed by atoms with E-state index in [1.807, 2.05) is 45.0 Å². The maximum atomic E-state index is 12.9. The molecule has 1 aromatic carbocycles. The minimum Gasteiger partial charge on any atom is -0.497 e. The van der Waals surface area contributed by atoms with Crippen molar-refractivity contribution in [2.75, 3.05) is 26.5 Å². The number of rotatable bonds is 6. The zero-order valence-corrected chi connectivity index (χ0v) is 19.1. The molecule has 2 heterocycles. The SMILES string of the molecule is COc1ccc(CN2C[C@@H]3CC[C@H]([C@H]2COS(C)(=O)=O)N3C(=O)OC(C)(C)C)cc1. The standard InChI is InChI=1S/C21H32N2O6S/c1-21(2,3)29-20(24)23-16-8-11-18(23)19(14-28-30(5,25)26)22(13-16)12-15-6-9-17(27-4)10-7-15/h6-7,9-10,16,18-19H,8,11-14H2,1-5H3/t16-,18+,19+/m0/s1. The van der Waals surface area contributed by atoms with Crippen LogP contribution in [-0.2, 0) is 25.6 Å². The average molecular weight is 441 g/mol. The predicted molar refractivity (Wildman–Crippen MR) is 113 cm³/mol. The number of hydrogen-bond donors (Lipinski definition) is 0. The first kappa shape index (κ1) is 22.8. The van der Waals surface area contributed by atoms with Gasteiger partial charge in [0.1, 0.15) is 11.4 Å². The molecular weight excluding hydrogens is 408 g/mol. The maximum Gasteiger partial charge on any atom is 0.410 e. The predicted octanol–water partition coefficient (Wildman–Crippen LogP) is 2.62. The minimum atomic E-state index is -3.59. The summed E-state index contributed by atoms with van der Waals surface area (Å²) in [4.78, 5) is 16.9. The monoisotopic (exact) mass is 440 g/mol. The lowest BCUT2D eigenvalue weighted by Gasteiger charge is -2.46. The van der Waals surface area contributed by atoms with Gasteiger partial charge in [0.25, 0.3) is 10.1 Å². The molecule has 2 aliphatic rings. The van der Waals surface area contributed by atoms with Gasteiger partial charge < -0.3 is 9.47 Å². The normalized spacial score (nSPS) is 24.7. The average Bonchev–Trinajstić information content (AvgIpc) is 2.95. The second kappa shape index (κ2) is 8.72. The number of piperazine rings is 1. The summed E-state index contributed by atoms with van der Waals surface area (Å²) in [5.74, 6) is 0.783. The molecule has 9 heteroatoms. The fourth-order valence-electron chi connectivity index (χ4n) is 4.27. The second-order valence-corrected chi connectivity index (χ2v) is 10.7. The summed E-state index contributed by atoms with van der Waals surface area (Å²) in [6.07, 6.45) is 2.36. The molecule has 30 heavy (non-hydrogen) atoms. The number of fused-ring (bicyclic) bond motifs is 2. The summed E-state index contributed by atoms with van der Waals surface area (Å²) in [5.41, 5.74) is 0.500. The Kier molecular flexibility index (Phi) is 6.64. The molecule has 3 rings (SSSR count). The van der Waals surface area contributed by atoms with Crippen LogP contribution in [0.1, 0.15) is 39.2 Å². The van der Waals surface area contributed by atoms with Crippen LogP contribution in [-0.4, -0.2) is 74.6 Å². The van der Waals surface area contributed by atoms with Gasteiger partial charge >= 0.3 is 6.09 Å². The molecule has 1 amide bonds. The van der Waals surface area contributed by atoms with E-state index in [9.17, 15) is 13.2 Å². The molecule has 8 nitrogen and oxygen atoms in total.